The van der Waals surface area contributed by atoms with Crippen molar-refractivity contribution in [2.24, 2.45) is 11.7 Å². The van der Waals surface area contributed by atoms with E-state index >= 15 is 0 Å². The van der Waals surface area contributed by atoms with Crippen molar-refractivity contribution in [2.45, 2.75) is 32.4 Å². The van der Waals surface area contributed by atoms with Gasteiger partial charge in [-0.2, -0.15) is 0 Å². The van der Waals surface area contributed by atoms with E-state index in [1.165, 1.54) is 0 Å². The molecule has 1 rings (SSSR count). The summed E-state index contributed by atoms with van der Waals surface area (Å²) in [7, 11) is 0. The molecule has 4 heteroatoms. The van der Waals surface area contributed by atoms with Gasteiger partial charge in [0.25, 0.3) is 0 Å². The van der Waals surface area contributed by atoms with Crippen LogP contribution in [-0.2, 0) is 0 Å². The number of hydrogen-bond acceptors (Lipinski definition) is 2. The lowest BCUT2D eigenvalue weighted by Gasteiger charge is -2.21. The van der Waals surface area contributed by atoms with Crippen LogP contribution in [0, 0.1) is 5.92 Å². The zero-order valence-corrected chi connectivity index (χ0v) is 11.8. The smallest absolute Gasteiger partial charge is 0.0941 e. The Morgan fingerprint density at radius 2 is 2.06 bits per heavy atom. The fraction of sp³-hybridized carbons (Fsp3) is 0.500. The number of nitrogens with two attached hydrogens (primary N) is 1. The lowest BCUT2D eigenvalue weighted by molar-refractivity contribution is 0.136. The van der Waals surface area contributed by atoms with Crippen molar-refractivity contribution in [1.82, 2.24) is 0 Å². The maximum absolute atomic E-state index is 10.1. The minimum absolute atomic E-state index is 0.243. The number of aliphatic hydroxyl groups excluding tert-OH is 1. The average molecular weight is 307 g/mol. The molecular weight excluding hydrogens is 289 g/mol. The van der Waals surface area contributed by atoms with Gasteiger partial charge in [0.2, 0.25) is 0 Å². The zero-order valence-electron chi connectivity index (χ0n) is 9.45. The summed E-state index contributed by atoms with van der Waals surface area (Å²) in [4.78, 5) is 0. The number of aliphatic hydroxyl groups is 1. The first kappa shape index (κ1) is 14.0. The highest BCUT2D eigenvalue weighted by Gasteiger charge is 2.18. The molecule has 0 radical (unpaired) electrons. The summed E-state index contributed by atoms with van der Waals surface area (Å²) in [6, 6.07) is 5.13. The van der Waals surface area contributed by atoms with E-state index in [1.54, 1.807) is 12.1 Å². The summed E-state index contributed by atoms with van der Waals surface area (Å²) in [6.45, 7) is 4.18. The van der Waals surface area contributed by atoms with Crippen molar-refractivity contribution in [3.8, 4) is 0 Å². The summed E-state index contributed by atoms with van der Waals surface area (Å²) < 4.78 is 0.780. The molecule has 1 aromatic carbocycles. The van der Waals surface area contributed by atoms with E-state index in [4.69, 9.17) is 17.3 Å². The number of hydrogen-bond donors (Lipinski definition) is 2. The summed E-state index contributed by atoms with van der Waals surface area (Å²) in [5.41, 5.74) is 6.74. The van der Waals surface area contributed by atoms with E-state index in [0.29, 0.717) is 10.9 Å². The van der Waals surface area contributed by atoms with Crippen LogP contribution in [0.1, 0.15) is 31.9 Å². The third-order valence-corrected chi connectivity index (χ3v) is 3.65. The van der Waals surface area contributed by atoms with E-state index in [9.17, 15) is 5.11 Å². The molecule has 0 fully saturated rings. The van der Waals surface area contributed by atoms with Crippen LogP contribution in [0.3, 0.4) is 0 Å². The number of halogens is 2. The van der Waals surface area contributed by atoms with E-state index in [-0.39, 0.29) is 6.04 Å². The predicted molar refractivity (Wildman–Crippen MR) is 71.5 cm³/mol. The van der Waals surface area contributed by atoms with Gasteiger partial charge in [0.05, 0.1) is 11.1 Å². The molecule has 0 aromatic heterocycles. The molecule has 0 saturated heterocycles. The molecular formula is C12H17BrClNO. The third-order valence-electron chi connectivity index (χ3n) is 2.43. The average Bonchev–Trinajstić information content (AvgIpc) is 2.20. The molecule has 16 heavy (non-hydrogen) atoms. The number of rotatable bonds is 4. The lowest BCUT2D eigenvalue weighted by atomic mass is 9.95. The largest absolute Gasteiger partial charge is 0.387 e. The molecule has 3 N–H and O–H groups in total. The van der Waals surface area contributed by atoms with Gasteiger partial charge in [-0.3, -0.25) is 0 Å². The maximum atomic E-state index is 10.1. The van der Waals surface area contributed by atoms with Gasteiger partial charge in [0.15, 0.2) is 0 Å². The fourth-order valence-electron chi connectivity index (χ4n) is 1.62. The highest BCUT2D eigenvalue weighted by molar-refractivity contribution is 9.10. The van der Waals surface area contributed by atoms with Crippen molar-refractivity contribution < 1.29 is 5.11 Å². The Kier molecular flexibility index (Phi) is 5.25. The lowest BCUT2D eigenvalue weighted by Crippen LogP contribution is -2.29. The minimum atomic E-state index is -0.643. The number of benzene rings is 1. The molecule has 0 heterocycles. The molecule has 2 atom stereocenters. The second-order valence-corrected chi connectivity index (χ2v) is 5.67. The Morgan fingerprint density at radius 1 is 1.44 bits per heavy atom. The summed E-state index contributed by atoms with van der Waals surface area (Å²) in [6.07, 6.45) is 0.150. The van der Waals surface area contributed by atoms with Gasteiger partial charge >= 0.3 is 0 Å². The van der Waals surface area contributed by atoms with E-state index < -0.39 is 6.10 Å². The zero-order chi connectivity index (χ0) is 12.3. The van der Waals surface area contributed by atoms with Gasteiger partial charge in [-0.1, -0.05) is 31.5 Å². The maximum Gasteiger partial charge on any atom is 0.0941 e. The second-order valence-electron chi connectivity index (χ2n) is 4.41. The summed E-state index contributed by atoms with van der Waals surface area (Å²) in [5.74, 6) is 0.473. The molecule has 0 saturated carbocycles. The Bertz CT molecular complexity index is 357. The molecule has 0 aliphatic heterocycles. The van der Waals surface area contributed by atoms with Gasteiger partial charge < -0.3 is 10.8 Å². The topological polar surface area (TPSA) is 46.2 Å². The highest BCUT2D eigenvalue weighted by atomic mass is 79.9. The monoisotopic (exact) mass is 305 g/mol. The third kappa shape index (κ3) is 3.74. The van der Waals surface area contributed by atoms with Crippen LogP contribution in [0.15, 0.2) is 22.7 Å². The van der Waals surface area contributed by atoms with Crippen LogP contribution in [0.4, 0.5) is 0 Å². The van der Waals surface area contributed by atoms with E-state index in [0.717, 1.165) is 16.5 Å². The van der Waals surface area contributed by atoms with Crippen LogP contribution in [0.5, 0.6) is 0 Å². The molecule has 90 valence electrons. The van der Waals surface area contributed by atoms with Gasteiger partial charge in [-0.15, -0.1) is 0 Å². The first-order valence-corrected chi connectivity index (χ1v) is 6.47. The molecule has 1 aromatic rings. The fourth-order valence-corrected chi connectivity index (χ4v) is 2.13. The van der Waals surface area contributed by atoms with Gasteiger partial charge in [-0.05, 0) is 46.0 Å². The van der Waals surface area contributed by atoms with Crippen LogP contribution in [-0.4, -0.2) is 11.1 Å². The van der Waals surface area contributed by atoms with Crippen LogP contribution < -0.4 is 5.73 Å². The normalized spacial score (nSPS) is 15.2. The molecule has 0 spiro atoms. The Balaban J connectivity index is 2.79. The van der Waals surface area contributed by atoms with E-state index in [2.05, 4.69) is 29.8 Å². The first-order chi connectivity index (χ1) is 7.41. The van der Waals surface area contributed by atoms with Crippen molar-refractivity contribution in [1.29, 1.82) is 0 Å². The Labute approximate surface area is 110 Å². The van der Waals surface area contributed by atoms with Gasteiger partial charge in [-0.25, -0.2) is 0 Å². The SMILES string of the molecule is CC(C)CC(N)C(O)c1ccc(Cl)c(Br)c1. The van der Waals surface area contributed by atoms with Gasteiger partial charge in [0.1, 0.15) is 0 Å². The van der Waals surface area contributed by atoms with Crippen molar-refractivity contribution >= 4 is 27.5 Å². The molecule has 0 aliphatic rings. The standard InChI is InChI=1S/C12H17BrClNO/c1-7(2)5-11(15)12(16)8-3-4-10(14)9(13)6-8/h3-4,6-7,11-12,16H,5,15H2,1-2H3. The van der Waals surface area contributed by atoms with Crippen LogP contribution in [0.2, 0.25) is 5.02 Å². The second kappa shape index (κ2) is 6.01. The van der Waals surface area contributed by atoms with Crippen molar-refractivity contribution in [2.75, 3.05) is 0 Å². The Hall–Kier alpha value is -0.0900. The molecule has 0 amide bonds. The summed E-state index contributed by atoms with van der Waals surface area (Å²) >= 11 is 9.22. The molecule has 2 nitrogen and oxygen atoms in total. The molecule has 0 bridgehead atoms. The Morgan fingerprint density at radius 3 is 2.56 bits per heavy atom. The van der Waals surface area contributed by atoms with E-state index in [1.807, 2.05) is 6.07 Å². The quantitative estimate of drug-likeness (QED) is 0.894. The van der Waals surface area contributed by atoms with Gasteiger partial charge in [0, 0.05) is 10.5 Å². The van der Waals surface area contributed by atoms with Crippen molar-refractivity contribution in [3.05, 3.63) is 33.3 Å². The minimum Gasteiger partial charge on any atom is -0.387 e. The molecule has 2 unspecified atom stereocenters. The van der Waals surface area contributed by atoms with Crippen LogP contribution in [0.25, 0.3) is 0 Å². The van der Waals surface area contributed by atoms with Crippen LogP contribution >= 0.6 is 27.5 Å². The highest BCUT2D eigenvalue weighted by Crippen LogP contribution is 2.28. The first-order valence-electron chi connectivity index (χ1n) is 5.30. The molecule has 0 aliphatic carbocycles. The van der Waals surface area contributed by atoms with Crippen molar-refractivity contribution in [3.63, 3.8) is 0 Å². The predicted octanol–water partition coefficient (Wildman–Crippen LogP) is 3.51. The summed E-state index contributed by atoms with van der Waals surface area (Å²) in [5, 5.41) is 10.7.